The maximum Gasteiger partial charge on any atom is 0.141 e. The molecule has 3 aromatic heterocycles. The van der Waals surface area contributed by atoms with Crippen molar-refractivity contribution in [1.82, 2.24) is 24.9 Å². The molecule has 0 aliphatic heterocycles. The normalized spacial score (nSPS) is 11.5. The van der Waals surface area contributed by atoms with Crippen molar-refractivity contribution in [3.63, 3.8) is 0 Å². The van der Waals surface area contributed by atoms with Gasteiger partial charge in [-0.25, -0.2) is 4.98 Å². The van der Waals surface area contributed by atoms with Gasteiger partial charge in [0.1, 0.15) is 17.1 Å². The Balaban J connectivity index is 1.93. The SMILES string of the molecule is Cc1nc2c(Nc3c(C)nn(C)c3C)cc(-c3c(C)noc3C)cc2[nH]1. The Kier molecular flexibility index (Phi) is 3.61. The van der Waals surface area contributed by atoms with Gasteiger partial charge in [-0.05, 0) is 52.3 Å². The zero-order chi connectivity index (χ0) is 18.6. The number of benzene rings is 1. The molecule has 0 amide bonds. The largest absolute Gasteiger partial charge is 0.361 e. The van der Waals surface area contributed by atoms with Gasteiger partial charge < -0.3 is 14.8 Å². The molecule has 0 aliphatic carbocycles. The minimum atomic E-state index is 0.803. The van der Waals surface area contributed by atoms with Crippen LogP contribution in [-0.4, -0.2) is 24.9 Å². The quantitative estimate of drug-likeness (QED) is 0.577. The first-order valence-electron chi connectivity index (χ1n) is 8.56. The average molecular weight is 350 g/mol. The summed E-state index contributed by atoms with van der Waals surface area (Å²) in [4.78, 5) is 8.00. The third-order valence-electron chi connectivity index (χ3n) is 4.80. The van der Waals surface area contributed by atoms with Crippen LogP contribution in [0.5, 0.6) is 0 Å². The van der Waals surface area contributed by atoms with Crippen LogP contribution in [0.3, 0.4) is 0 Å². The zero-order valence-corrected chi connectivity index (χ0v) is 15.9. The van der Waals surface area contributed by atoms with E-state index in [2.05, 4.69) is 37.7 Å². The number of hydrogen-bond donors (Lipinski definition) is 2. The number of hydrogen-bond acceptors (Lipinski definition) is 5. The van der Waals surface area contributed by atoms with E-state index in [1.807, 2.05) is 46.3 Å². The molecule has 0 spiro atoms. The molecule has 0 radical (unpaired) electrons. The molecule has 3 heterocycles. The third kappa shape index (κ3) is 2.47. The highest BCUT2D eigenvalue weighted by atomic mass is 16.5. The molecule has 4 rings (SSSR count). The molecule has 0 saturated heterocycles. The topological polar surface area (TPSA) is 84.6 Å². The second kappa shape index (κ2) is 5.72. The molecule has 0 aliphatic rings. The predicted octanol–water partition coefficient (Wildman–Crippen LogP) is 4.24. The molecule has 0 atom stereocenters. The van der Waals surface area contributed by atoms with Crippen LogP contribution in [0, 0.1) is 34.6 Å². The number of imidazole rings is 1. The Morgan fingerprint density at radius 2 is 1.85 bits per heavy atom. The molecule has 2 N–H and O–H groups in total. The summed E-state index contributed by atoms with van der Waals surface area (Å²) in [5, 5.41) is 12.1. The lowest BCUT2D eigenvalue weighted by Crippen LogP contribution is -1.97. The molecule has 7 heteroatoms. The lowest BCUT2D eigenvalue weighted by atomic mass is 10.0. The van der Waals surface area contributed by atoms with Gasteiger partial charge in [-0.2, -0.15) is 5.10 Å². The van der Waals surface area contributed by atoms with Gasteiger partial charge in [-0.1, -0.05) is 5.16 Å². The van der Waals surface area contributed by atoms with Crippen LogP contribution in [0.2, 0.25) is 0 Å². The smallest absolute Gasteiger partial charge is 0.141 e. The van der Waals surface area contributed by atoms with E-state index >= 15 is 0 Å². The summed E-state index contributed by atoms with van der Waals surface area (Å²) in [6.45, 7) is 9.89. The molecule has 1 aromatic carbocycles. The van der Waals surface area contributed by atoms with E-state index in [0.29, 0.717) is 0 Å². The maximum absolute atomic E-state index is 5.36. The molecule has 4 aromatic rings. The minimum absolute atomic E-state index is 0.803. The summed E-state index contributed by atoms with van der Waals surface area (Å²) in [6, 6.07) is 4.19. The van der Waals surface area contributed by atoms with Crippen molar-refractivity contribution >= 4 is 22.4 Å². The van der Waals surface area contributed by atoms with Crippen LogP contribution in [0.15, 0.2) is 16.7 Å². The highest BCUT2D eigenvalue weighted by Crippen LogP contribution is 2.35. The fourth-order valence-corrected chi connectivity index (χ4v) is 3.46. The van der Waals surface area contributed by atoms with Gasteiger partial charge in [0.2, 0.25) is 0 Å². The summed E-state index contributed by atoms with van der Waals surface area (Å²) >= 11 is 0. The van der Waals surface area contributed by atoms with Crippen molar-refractivity contribution in [2.75, 3.05) is 5.32 Å². The van der Waals surface area contributed by atoms with Crippen LogP contribution in [-0.2, 0) is 7.05 Å². The first kappa shape index (κ1) is 16.4. The van der Waals surface area contributed by atoms with E-state index in [-0.39, 0.29) is 0 Å². The first-order chi connectivity index (χ1) is 12.3. The third-order valence-corrected chi connectivity index (χ3v) is 4.80. The second-order valence-corrected chi connectivity index (χ2v) is 6.74. The fourth-order valence-electron chi connectivity index (χ4n) is 3.46. The summed E-state index contributed by atoms with van der Waals surface area (Å²) in [5.74, 6) is 1.68. The fraction of sp³-hybridized carbons (Fsp3) is 0.316. The maximum atomic E-state index is 5.36. The van der Waals surface area contributed by atoms with E-state index in [1.165, 1.54) is 0 Å². The van der Waals surface area contributed by atoms with Crippen molar-refractivity contribution in [3.8, 4) is 11.1 Å². The lowest BCUT2D eigenvalue weighted by molar-refractivity contribution is 0.393. The Bertz CT molecular complexity index is 1110. The molecule has 0 unspecified atom stereocenters. The van der Waals surface area contributed by atoms with Crippen LogP contribution in [0.4, 0.5) is 11.4 Å². The van der Waals surface area contributed by atoms with E-state index in [4.69, 9.17) is 4.52 Å². The van der Waals surface area contributed by atoms with Crippen molar-refractivity contribution in [2.24, 2.45) is 7.05 Å². The van der Waals surface area contributed by atoms with Crippen LogP contribution < -0.4 is 5.32 Å². The predicted molar refractivity (Wildman–Crippen MR) is 102 cm³/mol. The highest BCUT2D eigenvalue weighted by molar-refractivity contribution is 5.95. The number of rotatable bonds is 3. The molecular formula is C19H22N6O. The first-order valence-corrected chi connectivity index (χ1v) is 8.56. The molecule has 0 bridgehead atoms. The van der Waals surface area contributed by atoms with Crippen molar-refractivity contribution < 1.29 is 4.52 Å². The summed E-state index contributed by atoms with van der Waals surface area (Å²) in [7, 11) is 1.95. The van der Waals surface area contributed by atoms with Gasteiger partial charge in [0.05, 0.1) is 34.0 Å². The molecular weight excluding hydrogens is 328 g/mol. The van der Waals surface area contributed by atoms with Crippen molar-refractivity contribution in [3.05, 3.63) is 40.8 Å². The molecule has 134 valence electrons. The molecule has 0 saturated carbocycles. The molecule has 26 heavy (non-hydrogen) atoms. The van der Waals surface area contributed by atoms with E-state index in [0.717, 1.165) is 62.2 Å². The van der Waals surface area contributed by atoms with Crippen molar-refractivity contribution in [1.29, 1.82) is 0 Å². The van der Waals surface area contributed by atoms with E-state index in [1.54, 1.807) is 0 Å². The number of H-pyrrole nitrogens is 1. The monoisotopic (exact) mass is 350 g/mol. The summed E-state index contributed by atoms with van der Waals surface area (Å²) < 4.78 is 7.23. The second-order valence-electron chi connectivity index (χ2n) is 6.74. The number of nitrogens with one attached hydrogen (secondary N) is 2. The Morgan fingerprint density at radius 3 is 2.46 bits per heavy atom. The van der Waals surface area contributed by atoms with Gasteiger partial charge in [-0.3, -0.25) is 4.68 Å². The number of nitrogens with zero attached hydrogens (tertiary/aromatic N) is 4. The minimum Gasteiger partial charge on any atom is -0.361 e. The van der Waals surface area contributed by atoms with E-state index < -0.39 is 0 Å². The van der Waals surface area contributed by atoms with Crippen LogP contribution in [0.1, 0.15) is 28.7 Å². The van der Waals surface area contributed by atoms with Crippen LogP contribution >= 0.6 is 0 Å². The van der Waals surface area contributed by atoms with Crippen LogP contribution in [0.25, 0.3) is 22.2 Å². The van der Waals surface area contributed by atoms with Crippen molar-refractivity contribution in [2.45, 2.75) is 34.6 Å². The highest BCUT2D eigenvalue weighted by Gasteiger charge is 2.17. The Labute approximate surface area is 151 Å². The molecule has 7 nitrogen and oxygen atoms in total. The standard InChI is InChI=1S/C19H22N6O/c1-9-17(12(4)26-24-9)14-7-15-19(21-13(5)20-15)16(8-14)22-18-10(2)23-25(6)11(18)3/h7-8,22H,1-6H3,(H,20,21). The van der Waals surface area contributed by atoms with Gasteiger partial charge in [0.15, 0.2) is 0 Å². The van der Waals surface area contributed by atoms with Gasteiger partial charge in [0, 0.05) is 12.6 Å². The summed E-state index contributed by atoms with van der Waals surface area (Å²) in [6.07, 6.45) is 0. The van der Waals surface area contributed by atoms with Gasteiger partial charge >= 0.3 is 0 Å². The number of fused-ring (bicyclic) bond motifs is 1. The number of anilines is 2. The zero-order valence-electron chi connectivity index (χ0n) is 15.9. The summed E-state index contributed by atoms with van der Waals surface area (Å²) in [5.41, 5.74) is 8.77. The Morgan fingerprint density at radius 1 is 1.08 bits per heavy atom. The molecule has 0 fully saturated rings. The van der Waals surface area contributed by atoms with Gasteiger partial charge in [-0.15, -0.1) is 0 Å². The Hall–Kier alpha value is -3.09. The van der Waals surface area contributed by atoms with Gasteiger partial charge in [0.25, 0.3) is 0 Å². The number of aryl methyl sites for hydroxylation is 5. The van der Waals surface area contributed by atoms with E-state index in [9.17, 15) is 0 Å². The number of aromatic amines is 1. The number of aromatic nitrogens is 5. The average Bonchev–Trinajstić information content (AvgIpc) is 3.19. The lowest BCUT2D eigenvalue weighted by Gasteiger charge is -2.10.